The van der Waals surface area contributed by atoms with Crippen LogP contribution in [0.15, 0.2) is 0 Å². The van der Waals surface area contributed by atoms with Crippen molar-refractivity contribution in [2.75, 3.05) is 0 Å². The molecule has 2 atom stereocenters. The number of hydrogen-bond acceptors (Lipinski definition) is 2. The third kappa shape index (κ3) is 4.82. The second kappa shape index (κ2) is 7.07. The first-order chi connectivity index (χ1) is 6.20. The molecule has 0 aliphatic heterocycles. The van der Waals surface area contributed by atoms with Crippen LogP contribution in [-0.4, -0.2) is 17.1 Å². The lowest BCUT2D eigenvalue weighted by atomic mass is 9.82. The SMILES string of the molecule is Cl.NC1CCCCC1CCCC(=O)O. The van der Waals surface area contributed by atoms with E-state index < -0.39 is 5.97 Å². The average Bonchev–Trinajstić information content (AvgIpc) is 2.08. The Kier molecular flexibility index (Phi) is 6.93. The highest BCUT2D eigenvalue weighted by molar-refractivity contribution is 5.85. The van der Waals surface area contributed by atoms with Gasteiger partial charge in [-0.1, -0.05) is 12.8 Å². The molecule has 1 fully saturated rings. The van der Waals surface area contributed by atoms with E-state index in [1.165, 1.54) is 19.3 Å². The zero-order valence-corrected chi connectivity index (χ0v) is 9.26. The van der Waals surface area contributed by atoms with Gasteiger partial charge in [0, 0.05) is 12.5 Å². The van der Waals surface area contributed by atoms with Gasteiger partial charge in [0.25, 0.3) is 0 Å². The first-order valence-electron chi connectivity index (χ1n) is 5.17. The van der Waals surface area contributed by atoms with E-state index in [9.17, 15) is 4.79 Å². The van der Waals surface area contributed by atoms with E-state index in [0.29, 0.717) is 18.4 Å². The Balaban J connectivity index is 0.00000169. The largest absolute Gasteiger partial charge is 0.481 e. The van der Waals surface area contributed by atoms with Crippen molar-refractivity contribution in [1.29, 1.82) is 0 Å². The zero-order valence-electron chi connectivity index (χ0n) is 8.45. The molecule has 3 nitrogen and oxygen atoms in total. The molecule has 3 N–H and O–H groups in total. The van der Waals surface area contributed by atoms with Gasteiger partial charge in [0.15, 0.2) is 0 Å². The molecule has 0 aromatic carbocycles. The molecule has 0 bridgehead atoms. The maximum Gasteiger partial charge on any atom is 0.303 e. The van der Waals surface area contributed by atoms with Crippen molar-refractivity contribution >= 4 is 18.4 Å². The van der Waals surface area contributed by atoms with Crippen LogP contribution in [0.4, 0.5) is 0 Å². The molecule has 1 rings (SSSR count). The fourth-order valence-corrected chi connectivity index (χ4v) is 2.11. The number of carbonyl (C=O) groups is 1. The van der Waals surface area contributed by atoms with Crippen LogP contribution >= 0.6 is 12.4 Å². The first kappa shape index (κ1) is 13.7. The summed E-state index contributed by atoms with van der Waals surface area (Å²) in [6.07, 6.45) is 6.91. The molecular formula is C10H20ClNO2. The van der Waals surface area contributed by atoms with Gasteiger partial charge in [0.05, 0.1) is 0 Å². The van der Waals surface area contributed by atoms with Gasteiger partial charge in [-0.3, -0.25) is 4.79 Å². The molecule has 0 saturated heterocycles. The van der Waals surface area contributed by atoms with E-state index in [2.05, 4.69) is 0 Å². The molecule has 1 aliphatic carbocycles. The fraction of sp³-hybridized carbons (Fsp3) is 0.900. The molecule has 0 radical (unpaired) electrons. The van der Waals surface area contributed by atoms with Crippen molar-refractivity contribution in [2.24, 2.45) is 11.7 Å². The van der Waals surface area contributed by atoms with Gasteiger partial charge >= 0.3 is 5.97 Å². The van der Waals surface area contributed by atoms with Crippen molar-refractivity contribution in [2.45, 2.75) is 51.0 Å². The van der Waals surface area contributed by atoms with E-state index in [0.717, 1.165) is 19.3 Å². The topological polar surface area (TPSA) is 63.3 Å². The third-order valence-electron chi connectivity index (χ3n) is 2.93. The molecule has 0 amide bonds. The van der Waals surface area contributed by atoms with Gasteiger partial charge in [-0.25, -0.2) is 0 Å². The smallest absolute Gasteiger partial charge is 0.303 e. The van der Waals surface area contributed by atoms with Crippen molar-refractivity contribution in [3.8, 4) is 0 Å². The summed E-state index contributed by atoms with van der Waals surface area (Å²) in [5.41, 5.74) is 5.95. The minimum Gasteiger partial charge on any atom is -0.481 e. The van der Waals surface area contributed by atoms with E-state index >= 15 is 0 Å². The average molecular weight is 222 g/mol. The summed E-state index contributed by atoms with van der Waals surface area (Å²) in [5.74, 6) is -0.113. The second-order valence-corrected chi connectivity index (χ2v) is 3.99. The summed E-state index contributed by atoms with van der Waals surface area (Å²) < 4.78 is 0. The van der Waals surface area contributed by atoms with Gasteiger partial charge in [0.2, 0.25) is 0 Å². The maximum absolute atomic E-state index is 10.3. The molecular weight excluding hydrogens is 202 g/mol. The Labute approximate surface area is 91.5 Å². The van der Waals surface area contributed by atoms with Crippen LogP contribution in [0, 0.1) is 5.92 Å². The van der Waals surface area contributed by atoms with E-state index in [1.807, 2.05) is 0 Å². The van der Waals surface area contributed by atoms with Gasteiger partial charge in [0.1, 0.15) is 0 Å². The predicted octanol–water partition coefficient (Wildman–Crippen LogP) is 2.18. The van der Waals surface area contributed by atoms with E-state index in [4.69, 9.17) is 10.8 Å². The summed E-state index contributed by atoms with van der Waals surface area (Å²) in [4.78, 5) is 10.3. The molecule has 0 aromatic rings. The van der Waals surface area contributed by atoms with Gasteiger partial charge in [-0.05, 0) is 31.6 Å². The van der Waals surface area contributed by atoms with Crippen molar-refractivity contribution < 1.29 is 9.90 Å². The summed E-state index contributed by atoms with van der Waals surface area (Å²) in [5, 5.41) is 8.48. The molecule has 2 unspecified atom stereocenters. The number of nitrogens with two attached hydrogens (primary N) is 1. The fourth-order valence-electron chi connectivity index (χ4n) is 2.11. The Morgan fingerprint density at radius 3 is 2.57 bits per heavy atom. The third-order valence-corrected chi connectivity index (χ3v) is 2.93. The molecule has 1 saturated carbocycles. The van der Waals surface area contributed by atoms with Gasteiger partial charge in [-0.15, -0.1) is 12.4 Å². The minimum atomic E-state index is -0.690. The zero-order chi connectivity index (χ0) is 9.68. The number of carboxylic acids is 1. The Morgan fingerprint density at radius 2 is 2.00 bits per heavy atom. The molecule has 0 spiro atoms. The summed E-state index contributed by atoms with van der Waals surface area (Å²) in [7, 11) is 0. The van der Waals surface area contributed by atoms with Crippen LogP contribution in [0.1, 0.15) is 44.9 Å². The highest BCUT2D eigenvalue weighted by Gasteiger charge is 2.21. The van der Waals surface area contributed by atoms with Crippen LogP contribution < -0.4 is 5.73 Å². The molecule has 14 heavy (non-hydrogen) atoms. The lowest BCUT2D eigenvalue weighted by Crippen LogP contribution is -2.32. The van der Waals surface area contributed by atoms with Crippen LogP contribution in [0.3, 0.4) is 0 Å². The number of rotatable bonds is 4. The Bertz CT molecular complexity index is 176. The van der Waals surface area contributed by atoms with Crippen molar-refractivity contribution in [3.63, 3.8) is 0 Å². The number of hydrogen-bond donors (Lipinski definition) is 2. The van der Waals surface area contributed by atoms with Crippen molar-refractivity contribution in [3.05, 3.63) is 0 Å². The Hall–Kier alpha value is -0.280. The number of carboxylic acid groups (broad SMARTS) is 1. The molecule has 0 heterocycles. The van der Waals surface area contributed by atoms with Crippen LogP contribution in [0.5, 0.6) is 0 Å². The van der Waals surface area contributed by atoms with Crippen molar-refractivity contribution in [1.82, 2.24) is 0 Å². The second-order valence-electron chi connectivity index (χ2n) is 3.99. The summed E-state index contributed by atoms with van der Waals surface area (Å²) >= 11 is 0. The first-order valence-corrected chi connectivity index (χ1v) is 5.17. The lowest BCUT2D eigenvalue weighted by Gasteiger charge is -2.28. The predicted molar refractivity (Wildman–Crippen MR) is 58.7 cm³/mol. The maximum atomic E-state index is 10.3. The van der Waals surface area contributed by atoms with E-state index in [-0.39, 0.29) is 12.4 Å². The van der Waals surface area contributed by atoms with Crippen LogP contribution in [0.25, 0.3) is 0 Å². The monoisotopic (exact) mass is 221 g/mol. The highest BCUT2D eigenvalue weighted by Crippen LogP contribution is 2.26. The quantitative estimate of drug-likeness (QED) is 0.765. The van der Waals surface area contributed by atoms with Gasteiger partial charge < -0.3 is 10.8 Å². The minimum absolute atomic E-state index is 0. The number of aliphatic carboxylic acids is 1. The van der Waals surface area contributed by atoms with Gasteiger partial charge in [-0.2, -0.15) is 0 Å². The molecule has 0 aromatic heterocycles. The molecule has 84 valence electrons. The lowest BCUT2D eigenvalue weighted by molar-refractivity contribution is -0.137. The summed E-state index contributed by atoms with van der Waals surface area (Å²) in [6, 6.07) is 0.322. The van der Waals surface area contributed by atoms with Crippen LogP contribution in [-0.2, 0) is 4.79 Å². The summed E-state index contributed by atoms with van der Waals surface area (Å²) in [6.45, 7) is 0. The molecule has 1 aliphatic rings. The normalized spacial score (nSPS) is 26.6. The Morgan fingerprint density at radius 1 is 1.36 bits per heavy atom. The number of halogens is 1. The van der Waals surface area contributed by atoms with E-state index in [1.54, 1.807) is 0 Å². The van der Waals surface area contributed by atoms with Crippen LogP contribution in [0.2, 0.25) is 0 Å². The highest BCUT2D eigenvalue weighted by atomic mass is 35.5. The standard InChI is InChI=1S/C10H19NO2.ClH/c11-9-6-2-1-4-8(9)5-3-7-10(12)13;/h8-9H,1-7,11H2,(H,12,13);1H. The molecule has 4 heteroatoms.